The number of nitrogens with zero attached hydrogens (tertiary/aromatic N) is 3. The Kier molecular flexibility index (Phi) is 4.92. The zero-order valence-corrected chi connectivity index (χ0v) is 16.1. The number of hydrogen-bond acceptors (Lipinski definition) is 5. The molecule has 8 nitrogen and oxygen atoms in total. The van der Waals surface area contributed by atoms with Crippen LogP contribution in [-0.2, 0) is 26.0 Å². The number of rotatable bonds is 5. The van der Waals surface area contributed by atoms with E-state index in [1.807, 2.05) is 36.5 Å². The minimum atomic E-state index is -3.06. The van der Waals surface area contributed by atoms with Gasteiger partial charge in [-0.05, 0) is 30.2 Å². The predicted octanol–water partition coefficient (Wildman–Crippen LogP) is 0.524. The van der Waals surface area contributed by atoms with Crippen LogP contribution < -0.4 is 5.32 Å². The molecule has 1 aromatic heterocycles. The molecule has 0 spiro atoms. The Morgan fingerprint density at radius 3 is 2.68 bits per heavy atom. The van der Waals surface area contributed by atoms with Crippen LogP contribution in [0, 0.1) is 5.92 Å². The third-order valence-corrected chi connectivity index (χ3v) is 7.10. The first-order valence-corrected chi connectivity index (χ1v) is 11.1. The maximum absolute atomic E-state index is 12.5. The molecule has 0 radical (unpaired) electrons. The summed E-state index contributed by atoms with van der Waals surface area (Å²) in [7, 11) is -3.06. The molecule has 4 rings (SSSR count). The standard InChI is InChI=1S/C19H22N4O4S/c24-18-10-15(12-22(18)17-6-9-28(26,27)13-17)19(25)20-11-14-2-4-16(5-3-14)23-8-1-7-21-23/h1-5,7-8,15,17H,6,9-13H2,(H,20,25)/t15-,17-/m0/s1. The van der Waals surface area contributed by atoms with Crippen LogP contribution in [-0.4, -0.2) is 59.0 Å². The maximum atomic E-state index is 12.5. The molecule has 1 N–H and O–H groups in total. The monoisotopic (exact) mass is 402 g/mol. The van der Waals surface area contributed by atoms with E-state index < -0.39 is 15.8 Å². The highest BCUT2D eigenvalue weighted by atomic mass is 32.2. The van der Waals surface area contributed by atoms with Crippen LogP contribution >= 0.6 is 0 Å². The van der Waals surface area contributed by atoms with Gasteiger partial charge in [0.2, 0.25) is 11.8 Å². The lowest BCUT2D eigenvalue weighted by Crippen LogP contribution is -2.39. The summed E-state index contributed by atoms with van der Waals surface area (Å²) in [5.41, 5.74) is 1.89. The second kappa shape index (κ2) is 7.38. The summed E-state index contributed by atoms with van der Waals surface area (Å²) >= 11 is 0. The Labute approximate surface area is 163 Å². The van der Waals surface area contributed by atoms with Gasteiger partial charge in [0.05, 0.1) is 23.1 Å². The number of likely N-dealkylation sites (tertiary alicyclic amines) is 1. The highest BCUT2D eigenvalue weighted by Gasteiger charge is 2.41. The number of sulfone groups is 1. The zero-order valence-electron chi connectivity index (χ0n) is 15.3. The van der Waals surface area contributed by atoms with Crippen molar-refractivity contribution < 1.29 is 18.0 Å². The molecule has 2 aliphatic heterocycles. The molecule has 2 atom stereocenters. The molecular formula is C19H22N4O4S. The molecule has 0 unspecified atom stereocenters. The lowest BCUT2D eigenvalue weighted by Gasteiger charge is -2.22. The fourth-order valence-corrected chi connectivity index (χ4v) is 5.53. The molecule has 2 saturated heterocycles. The summed E-state index contributed by atoms with van der Waals surface area (Å²) in [6.45, 7) is 0.670. The van der Waals surface area contributed by atoms with Gasteiger partial charge >= 0.3 is 0 Å². The van der Waals surface area contributed by atoms with E-state index in [0.29, 0.717) is 19.5 Å². The minimum absolute atomic E-state index is 0.00960. The van der Waals surface area contributed by atoms with E-state index >= 15 is 0 Å². The van der Waals surface area contributed by atoms with Crippen LogP contribution in [0.5, 0.6) is 0 Å². The lowest BCUT2D eigenvalue weighted by atomic mass is 10.1. The van der Waals surface area contributed by atoms with Gasteiger partial charge in [-0.2, -0.15) is 5.10 Å². The second-order valence-corrected chi connectivity index (χ2v) is 9.57. The number of nitrogens with one attached hydrogen (secondary N) is 1. The summed E-state index contributed by atoms with van der Waals surface area (Å²) in [6, 6.07) is 9.26. The highest BCUT2D eigenvalue weighted by molar-refractivity contribution is 7.91. The van der Waals surface area contributed by atoms with E-state index in [2.05, 4.69) is 10.4 Å². The first-order chi connectivity index (χ1) is 13.4. The molecule has 2 aromatic rings. The zero-order chi connectivity index (χ0) is 19.7. The SMILES string of the molecule is O=C(NCc1ccc(-n2cccn2)cc1)[C@H]1CC(=O)N([C@H]2CCS(=O)(=O)C2)C1. The molecule has 2 amide bonds. The van der Waals surface area contributed by atoms with Gasteiger partial charge in [-0.3, -0.25) is 9.59 Å². The van der Waals surface area contributed by atoms with Crippen molar-refractivity contribution in [3.63, 3.8) is 0 Å². The van der Waals surface area contributed by atoms with Crippen molar-refractivity contribution in [1.82, 2.24) is 20.0 Å². The molecule has 0 aliphatic carbocycles. The molecule has 3 heterocycles. The first-order valence-electron chi connectivity index (χ1n) is 9.28. The minimum Gasteiger partial charge on any atom is -0.352 e. The van der Waals surface area contributed by atoms with Gasteiger partial charge in [0.15, 0.2) is 9.84 Å². The van der Waals surface area contributed by atoms with Crippen LogP contribution in [0.4, 0.5) is 0 Å². The summed E-state index contributed by atoms with van der Waals surface area (Å²) in [4.78, 5) is 26.3. The molecule has 2 aliphatic rings. The third-order valence-electron chi connectivity index (χ3n) is 5.35. The van der Waals surface area contributed by atoms with Crippen molar-refractivity contribution in [2.45, 2.75) is 25.4 Å². The normalized spacial score (nSPS) is 23.9. The van der Waals surface area contributed by atoms with Crippen LogP contribution in [0.15, 0.2) is 42.7 Å². The van der Waals surface area contributed by atoms with Crippen molar-refractivity contribution in [3.05, 3.63) is 48.3 Å². The van der Waals surface area contributed by atoms with Crippen LogP contribution in [0.1, 0.15) is 18.4 Å². The van der Waals surface area contributed by atoms with Crippen LogP contribution in [0.2, 0.25) is 0 Å². The molecule has 0 saturated carbocycles. The Morgan fingerprint density at radius 2 is 2.04 bits per heavy atom. The largest absolute Gasteiger partial charge is 0.352 e. The van der Waals surface area contributed by atoms with Gasteiger partial charge in [-0.15, -0.1) is 0 Å². The fraction of sp³-hybridized carbons (Fsp3) is 0.421. The molecular weight excluding hydrogens is 380 g/mol. The first kappa shape index (κ1) is 18.7. The van der Waals surface area contributed by atoms with Crippen LogP contribution in [0.3, 0.4) is 0 Å². The number of benzene rings is 1. The van der Waals surface area contributed by atoms with E-state index in [1.165, 1.54) is 0 Å². The van der Waals surface area contributed by atoms with E-state index in [4.69, 9.17) is 0 Å². The van der Waals surface area contributed by atoms with E-state index in [1.54, 1.807) is 15.8 Å². The molecule has 9 heteroatoms. The highest BCUT2D eigenvalue weighted by Crippen LogP contribution is 2.26. The second-order valence-electron chi connectivity index (χ2n) is 7.34. The summed E-state index contributed by atoms with van der Waals surface area (Å²) in [5, 5.41) is 7.06. The van der Waals surface area contributed by atoms with Crippen molar-refractivity contribution >= 4 is 21.7 Å². The van der Waals surface area contributed by atoms with Gasteiger partial charge in [0, 0.05) is 37.9 Å². The Hall–Kier alpha value is -2.68. The Balaban J connectivity index is 1.31. The van der Waals surface area contributed by atoms with Gasteiger partial charge in [-0.25, -0.2) is 13.1 Å². The number of carbonyl (C=O) groups is 2. The van der Waals surface area contributed by atoms with Gasteiger partial charge in [-0.1, -0.05) is 12.1 Å². The lowest BCUT2D eigenvalue weighted by molar-refractivity contribution is -0.130. The van der Waals surface area contributed by atoms with Gasteiger partial charge in [0.1, 0.15) is 0 Å². The number of aromatic nitrogens is 2. The van der Waals surface area contributed by atoms with Crippen molar-refractivity contribution in [1.29, 1.82) is 0 Å². The smallest absolute Gasteiger partial charge is 0.225 e. The van der Waals surface area contributed by atoms with E-state index in [9.17, 15) is 18.0 Å². The van der Waals surface area contributed by atoms with E-state index in [-0.39, 0.29) is 35.8 Å². The molecule has 2 fully saturated rings. The average molecular weight is 402 g/mol. The van der Waals surface area contributed by atoms with E-state index in [0.717, 1.165) is 11.3 Å². The fourth-order valence-electron chi connectivity index (χ4n) is 3.80. The Bertz CT molecular complexity index is 970. The number of carbonyl (C=O) groups excluding carboxylic acids is 2. The number of amides is 2. The molecule has 0 bridgehead atoms. The summed E-state index contributed by atoms with van der Waals surface area (Å²) in [6.07, 6.45) is 4.17. The van der Waals surface area contributed by atoms with Gasteiger partial charge < -0.3 is 10.2 Å². The molecule has 1 aromatic carbocycles. The molecule has 148 valence electrons. The van der Waals surface area contributed by atoms with Crippen molar-refractivity contribution in [3.8, 4) is 5.69 Å². The Morgan fingerprint density at radius 1 is 1.25 bits per heavy atom. The quantitative estimate of drug-likeness (QED) is 0.786. The topological polar surface area (TPSA) is 101 Å². The number of hydrogen-bond donors (Lipinski definition) is 1. The summed E-state index contributed by atoms with van der Waals surface area (Å²) < 4.78 is 25.1. The third kappa shape index (κ3) is 3.94. The van der Waals surface area contributed by atoms with Gasteiger partial charge in [0.25, 0.3) is 0 Å². The van der Waals surface area contributed by atoms with Crippen molar-refractivity contribution in [2.75, 3.05) is 18.1 Å². The predicted molar refractivity (Wildman–Crippen MR) is 102 cm³/mol. The molecule has 28 heavy (non-hydrogen) atoms. The average Bonchev–Trinajstić information content (AvgIpc) is 3.40. The van der Waals surface area contributed by atoms with Crippen LogP contribution in [0.25, 0.3) is 5.69 Å². The van der Waals surface area contributed by atoms with Crippen molar-refractivity contribution in [2.24, 2.45) is 5.92 Å². The summed E-state index contributed by atoms with van der Waals surface area (Å²) in [5.74, 6) is -0.611. The maximum Gasteiger partial charge on any atom is 0.225 e.